The first-order valence-electron chi connectivity index (χ1n) is 5.89. The third kappa shape index (κ3) is 4.20. The molecule has 0 aliphatic rings. The van der Waals surface area contributed by atoms with Gasteiger partial charge in [0.2, 0.25) is 5.91 Å². The summed E-state index contributed by atoms with van der Waals surface area (Å²) in [4.78, 5) is 23.2. The maximum Gasteiger partial charge on any atom is 0.328 e. The van der Waals surface area contributed by atoms with Crippen molar-refractivity contribution in [3.8, 4) is 0 Å². The van der Waals surface area contributed by atoms with Crippen LogP contribution in [0.25, 0.3) is 0 Å². The molecule has 0 radical (unpaired) electrons. The number of ether oxygens (including phenoxy) is 1. The third-order valence-corrected chi connectivity index (χ3v) is 2.57. The largest absolute Gasteiger partial charge is 0.467 e. The van der Waals surface area contributed by atoms with Gasteiger partial charge in [0.25, 0.3) is 0 Å². The Balaban J connectivity index is 2.44. The minimum absolute atomic E-state index is 0.00824. The predicted octanol–water partition coefficient (Wildman–Crippen LogP) is 0.587. The first-order chi connectivity index (χ1) is 8.54. The molecule has 0 fully saturated rings. The Labute approximate surface area is 106 Å². The molecule has 6 nitrogen and oxygen atoms in total. The van der Waals surface area contributed by atoms with Crippen molar-refractivity contribution in [2.45, 2.75) is 32.9 Å². The Morgan fingerprint density at radius 1 is 1.44 bits per heavy atom. The van der Waals surface area contributed by atoms with Gasteiger partial charge in [0, 0.05) is 25.4 Å². The number of methoxy groups -OCH3 is 1. The number of nitrogens with one attached hydrogen (secondary N) is 1. The van der Waals surface area contributed by atoms with Crippen LogP contribution in [-0.2, 0) is 20.9 Å². The lowest BCUT2D eigenvalue weighted by molar-refractivity contribution is -0.146. The Hall–Kier alpha value is -1.85. The lowest BCUT2D eigenvalue weighted by Gasteiger charge is -2.19. The predicted molar refractivity (Wildman–Crippen MR) is 65.6 cm³/mol. The second-order valence-corrected chi connectivity index (χ2v) is 4.33. The molecule has 1 rings (SSSR count). The van der Waals surface area contributed by atoms with E-state index in [1.165, 1.54) is 7.11 Å². The minimum atomic E-state index is -0.597. The molecule has 0 saturated carbocycles. The molecule has 18 heavy (non-hydrogen) atoms. The Morgan fingerprint density at radius 3 is 2.67 bits per heavy atom. The standard InChI is InChI=1S/C12H19N3O3/c1-9(2)11(12(17)18-3)14-10(16)5-8-15-7-4-6-13-15/h4,6-7,9,11H,5,8H2,1-3H3,(H,14,16). The van der Waals surface area contributed by atoms with Crippen LogP contribution in [-0.4, -0.2) is 34.8 Å². The van der Waals surface area contributed by atoms with Gasteiger partial charge in [0.15, 0.2) is 0 Å². The van der Waals surface area contributed by atoms with Gasteiger partial charge in [-0.15, -0.1) is 0 Å². The molecule has 6 heteroatoms. The zero-order chi connectivity index (χ0) is 13.5. The average Bonchev–Trinajstić information content (AvgIpc) is 2.85. The maximum absolute atomic E-state index is 11.7. The summed E-state index contributed by atoms with van der Waals surface area (Å²) < 4.78 is 6.32. The van der Waals surface area contributed by atoms with E-state index >= 15 is 0 Å². The number of rotatable bonds is 6. The van der Waals surface area contributed by atoms with Crippen LogP contribution in [0.1, 0.15) is 20.3 Å². The Morgan fingerprint density at radius 2 is 2.17 bits per heavy atom. The average molecular weight is 253 g/mol. The monoisotopic (exact) mass is 253 g/mol. The molecule has 0 spiro atoms. The molecule has 1 heterocycles. The Kier molecular flexibility index (Phi) is 5.35. The molecule has 1 N–H and O–H groups in total. The van der Waals surface area contributed by atoms with Gasteiger partial charge < -0.3 is 10.1 Å². The van der Waals surface area contributed by atoms with Crippen LogP contribution in [0.2, 0.25) is 0 Å². The zero-order valence-corrected chi connectivity index (χ0v) is 10.9. The van der Waals surface area contributed by atoms with E-state index < -0.39 is 12.0 Å². The second kappa shape index (κ2) is 6.78. The van der Waals surface area contributed by atoms with E-state index in [0.717, 1.165) is 0 Å². The highest BCUT2D eigenvalue weighted by Gasteiger charge is 2.24. The molecule has 0 bridgehead atoms. The first-order valence-corrected chi connectivity index (χ1v) is 5.89. The summed E-state index contributed by atoms with van der Waals surface area (Å²) in [5.41, 5.74) is 0. The van der Waals surface area contributed by atoms with E-state index in [0.29, 0.717) is 6.54 Å². The quantitative estimate of drug-likeness (QED) is 0.753. The van der Waals surface area contributed by atoms with Gasteiger partial charge in [-0.3, -0.25) is 9.48 Å². The van der Waals surface area contributed by atoms with E-state index in [4.69, 9.17) is 0 Å². The van der Waals surface area contributed by atoms with Gasteiger partial charge in [-0.1, -0.05) is 13.8 Å². The highest BCUT2D eigenvalue weighted by atomic mass is 16.5. The number of carbonyl (C=O) groups excluding carboxylic acids is 2. The molecule has 0 aromatic carbocycles. The van der Waals surface area contributed by atoms with Crippen molar-refractivity contribution < 1.29 is 14.3 Å². The van der Waals surface area contributed by atoms with Crippen LogP contribution in [0, 0.1) is 5.92 Å². The number of aryl methyl sites for hydroxylation is 1. The lowest BCUT2D eigenvalue weighted by Crippen LogP contribution is -2.45. The van der Waals surface area contributed by atoms with Crippen molar-refractivity contribution in [2.75, 3.05) is 7.11 Å². The van der Waals surface area contributed by atoms with Crippen molar-refractivity contribution in [1.29, 1.82) is 0 Å². The van der Waals surface area contributed by atoms with Gasteiger partial charge >= 0.3 is 5.97 Å². The molecule has 0 aliphatic carbocycles. The molecule has 1 atom stereocenters. The van der Waals surface area contributed by atoms with Gasteiger partial charge in [0.1, 0.15) is 6.04 Å². The number of nitrogens with zero attached hydrogens (tertiary/aromatic N) is 2. The zero-order valence-electron chi connectivity index (χ0n) is 10.9. The molecule has 1 unspecified atom stereocenters. The highest BCUT2D eigenvalue weighted by Crippen LogP contribution is 2.04. The summed E-state index contributed by atoms with van der Waals surface area (Å²) in [6.07, 6.45) is 3.72. The number of carbonyl (C=O) groups is 2. The van der Waals surface area contributed by atoms with E-state index in [1.54, 1.807) is 23.1 Å². The van der Waals surface area contributed by atoms with Gasteiger partial charge in [-0.25, -0.2) is 4.79 Å². The first kappa shape index (κ1) is 14.2. The normalized spacial score (nSPS) is 12.2. The summed E-state index contributed by atoms with van der Waals surface area (Å²) in [5.74, 6) is -0.613. The van der Waals surface area contributed by atoms with Crippen molar-refractivity contribution in [3.63, 3.8) is 0 Å². The minimum Gasteiger partial charge on any atom is -0.467 e. The van der Waals surface area contributed by atoms with Crippen LogP contribution >= 0.6 is 0 Å². The topological polar surface area (TPSA) is 73.2 Å². The molecule has 0 aliphatic heterocycles. The number of esters is 1. The van der Waals surface area contributed by atoms with Crippen molar-refractivity contribution in [3.05, 3.63) is 18.5 Å². The Bertz CT molecular complexity index is 387. The fourth-order valence-electron chi connectivity index (χ4n) is 1.52. The number of hydrogen-bond acceptors (Lipinski definition) is 4. The molecule has 100 valence electrons. The second-order valence-electron chi connectivity index (χ2n) is 4.33. The van der Waals surface area contributed by atoms with Crippen molar-refractivity contribution in [2.24, 2.45) is 5.92 Å². The van der Waals surface area contributed by atoms with Crippen LogP contribution < -0.4 is 5.32 Å². The molecular formula is C12H19N3O3. The van der Waals surface area contributed by atoms with Gasteiger partial charge in [-0.05, 0) is 12.0 Å². The fraction of sp³-hybridized carbons (Fsp3) is 0.583. The molecule has 1 amide bonds. The van der Waals surface area contributed by atoms with Crippen LogP contribution in [0.3, 0.4) is 0 Å². The number of hydrogen-bond donors (Lipinski definition) is 1. The summed E-state index contributed by atoms with van der Waals surface area (Å²) in [5, 5.41) is 6.67. The summed E-state index contributed by atoms with van der Waals surface area (Å²) in [6, 6.07) is 1.20. The van der Waals surface area contributed by atoms with E-state index in [2.05, 4.69) is 15.2 Å². The molecule has 1 aromatic heterocycles. The van der Waals surface area contributed by atoms with E-state index in [1.807, 2.05) is 13.8 Å². The third-order valence-electron chi connectivity index (χ3n) is 2.57. The van der Waals surface area contributed by atoms with Crippen LogP contribution in [0.5, 0.6) is 0 Å². The highest BCUT2D eigenvalue weighted by molar-refractivity contribution is 5.84. The maximum atomic E-state index is 11.7. The lowest BCUT2D eigenvalue weighted by atomic mass is 10.0. The SMILES string of the molecule is COC(=O)C(NC(=O)CCn1cccn1)C(C)C. The van der Waals surface area contributed by atoms with Gasteiger partial charge in [-0.2, -0.15) is 5.10 Å². The van der Waals surface area contributed by atoms with E-state index in [9.17, 15) is 9.59 Å². The summed E-state index contributed by atoms with van der Waals surface area (Å²) in [7, 11) is 1.31. The van der Waals surface area contributed by atoms with E-state index in [-0.39, 0.29) is 18.2 Å². The van der Waals surface area contributed by atoms with Crippen molar-refractivity contribution >= 4 is 11.9 Å². The fourth-order valence-corrected chi connectivity index (χ4v) is 1.52. The smallest absolute Gasteiger partial charge is 0.328 e. The molecule has 1 aromatic rings. The van der Waals surface area contributed by atoms with Crippen molar-refractivity contribution in [1.82, 2.24) is 15.1 Å². The molecular weight excluding hydrogens is 234 g/mol. The van der Waals surface area contributed by atoms with Crippen LogP contribution in [0.15, 0.2) is 18.5 Å². The number of aromatic nitrogens is 2. The summed E-state index contributed by atoms with van der Waals surface area (Å²) >= 11 is 0. The van der Waals surface area contributed by atoms with Gasteiger partial charge in [0.05, 0.1) is 7.11 Å². The number of amides is 1. The van der Waals surface area contributed by atoms with Crippen LogP contribution in [0.4, 0.5) is 0 Å². The summed E-state index contributed by atoms with van der Waals surface area (Å²) in [6.45, 7) is 4.20. The molecule has 0 saturated heterocycles.